The first-order valence-electron chi connectivity index (χ1n) is 9.42. The molecule has 1 heterocycles. The van der Waals surface area contributed by atoms with Crippen LogP contribution in [0.3, 0.4) is 0 Å². The molecule has 28 heavy (non-hydrogen) atoms. The van der Waals surface area contributed by atoms with E-state index < -0.39 is 0 Å². The second-order valence-corrected chi connectivity index (χ2v) is 5.94. The second kappa shape index (κ2) is 15.3. The predicted octanol–water partition coefficient (Wildman–Crippen LogP) is 3.46. The maximum atomic E-state index is 5.55. The van der Waals surface area contributed by atoms with Crippen molar-refractivity contribution in [3.05, 3.63) is 42.3 Å². The molecule has 1 aromatic carbocycles. The van der Waals surface area contributed by atoms with E-state index in [1.165, 1.54) is 0 Å². The van der Waals surface area contributed by atoms with Crippen LogP contribution >= 0.6 is 24.0 Å². The summed E-state index contributed by atoms with van der Waals surface area (Å²) in [4.78, 5) is 9.07. The number of benzene rings is 1. The van der Waals surface area contributed by atoms with Crippen LogP contribution in [0.1, 0.15) is 25.5 Å². The fourth-order valence-electron chi connectivity index (χ4n) is 2.37. The van der Waals surface area contributed by atoms with Gasteiger partial charge >= 0.3 is 0 Å². The predicted molar refractivity (Wildman–Crippen MR) is 122 cm³/mol. The average Bonchev–Trinajstić information content (AvgIpc) is 3.18. The van der Waals surface area contributed by atoms with Gasteiger partial charge < -0.3 is 24.5 Å². The lowest BCUT2D eigenvalue weighted by molar-refractivity contribution is 0.0689. The van der Waals surface area contributed by atoms with Crippen LogP contribution in [0, 0.1) is 0 Å². The van der Waals surface area contributed by atoms with E-state index >= 15 is 0 Å². The van der Waals surface area contributed by atoms with Gasteiger partial charge in [0.1, 0.15) is 12.0 Å². The number of aliphatic imine (C=N–C) groups is 1. The summed E-state index contributed by atoms with van der Waals surface area (Å²) in [6, 6.07) is 9.85. The van der Waals surface area contributed by atoms with E-state index in [-0.39, 0.29) is 24.0 Å². The van der Waals surface area contributed by atoms with E-state index in [2.05, 4.69) is 20.6 Å². The molecule has 0 radical (unpaired) electrons. The first kappa shape index (κ1) is 24.4. The molecule has 0 aliphatic heterocycles. The minimum Gasteiger partial charge on any atom is -0.444 e. The third-order valence-electron chi connectivity index (χ3n) is 3.76. The van der Waals surface area contributed by atoms with Gasteiger partial charge in [-0.25, -0.2) is 9.98 Å². The van der Waals surface area contributed by atoms with Gasteiger partial charge in [0.15, 0.2) is 5.96 Å². The Balaban J connectivity index is 0.00000392. The molecule has 2 N–H and O–H groups in total. The third-order valence-corrected chi connectivity index (χ3v) is 3.76. The number of nitrogens with zero attached hydrogens (tertiary/aromatic N) is 2. The van der Waals surface area contributed by atoms with Crippen molar-refractivity contribution in [1.82, 2.24) is 15.6 Å². The summed E-state index contributed by atoms with van der Waals surface area (Å²) in [6.45, 7) is 6.20. The van der Waals surface area contributed by atoms with E-state index in [9.17, 15) is 0 Å². The molecule has 2 rings (SSSR count). The lowest BCUT2D eigenvalue weighted by atomic mass is 10.2. The molecule has 8 heteroatoms. The standard InChI is InChI=1S/C20H30N4O3.HI/c1-3-21-20(22-11-7-8-12-26-14-13-25-2)23-15-18-16-27-19(24-18)17-9-5-4-6-10-17;/h4-6,9-10,16H,3,7-8,11-15H2,1-2H3,(H2,21,22,23);1H. The Morgan fingerprint density at radius 2 is 1.93 bits per heavy atom. The quantitative estimate of drug-likeness (QED) is 0.200. The number of hydrogen-bond acceptors (Lipinski definition) is 5. The second-order valence-electron chi connectivity index (χ2n) is 5.94. The molecular formula is C20H31IN4O3. The zero-order chi connectivity index (χ0) is 19.2. The molecule has 0 unspecified atom stereocenters. The van der Waals surface area contributed by atoms with Crippen LogP contribution in [0.2, 0.25) is 0 Å². The van der Waals surface area contributed by atoms with Gasteiger partial charge in [0.25, 0.3) is 0 Å². The molecular weight excluding hydrogens is 471 g/mol. The van der Waals surface area contributed by atoms with Crippen molar-refractivity contribution in [3.63, 3.8) is 0 Å². The van der Waals surface area contributed by atoms with E-state index in [4.69, 9.17) is 13.9 Å². The van der Waals surface area contributed by atoms with Gasteiger partial charge in [-0.2, -0.15) is 0 Å². The maximum Gasteiger partial charge on any atom is 0.226 e. The van der Waals surface area contributed by atoms with Crippen molar-refractivity contribution < 1.29 is 13.9 Å². The summed E-state index contributed by atoms with van der Waals surface area (Å²) < 4.78 is 16.0. The minimum atomic E-state index is 0. The molecule has 0 fully saturated rings. The highest BCUT2D eigenvalue weighted by molar-refractivity contribution is 14.0. The third kappa shape index (κ3) is 9.52. The normalized spacial score (nSPS) is 11.1. The number of unbranched alkanes of at least 4 members (excludes halogenated alkanes) is 1. The lowest BCUT2D eigenvalue weighted by Gasteiger charge is -2.11. The highest BCUT2D eigenvalue weighted by Crippen LogP contribution is 2.18. The van der Waals surface area contributed by atoms with E-state index in [0.717, 1.165) is 49.8 Å². The summed E-state index contributed by atoms with van der Waals surface area (Å²) in [7, 11) is 1.68. The SMILES string of the molecule is CCNC(=NCc1coc(-c2ccccc2)n1)NCCCCOCCOC.I. The Bertz CT molecular complexity index is 664. The van der Waals surface area contributed by atoms with Crippen molar-refractivity contribution in [2.24, 2.45) is 4.99 Å². The van der Waals surface area contributed by atoms with Crippen LogP contribution in [0.5, 0.6) is 0 Å². The van der Waals surface area contributed by atoms with Gasteiger partial charge in [0.05, 0.1) is 19.8 Å². The fraction of sp³-hybridized carbons (Fsp3) is 0.500. The van der Waals surface area contributed by atoms with E-state index in [1.807, 2.05) is 37.3 Å². The highest BCUT2D eigenvalue weighted by Gasteiger charge is 2.06. The molecule has 0 bridgehead atoms. The lowest BCUT2D eigenvalue weighted by Crippen LogP contribution is -2.37. The highest BCUT2D eigenvalue weighted by atomic mass is 127. The maximum absolute atomic E-state index is 5.55. The van der Waals surface area contributed by atoms with Gasteiger partial charge in [0, 0.05) is 32.4 Å². The number of guanidine groups is 1. The molecule has 0 saturated carbocycles. The summed E-state index contributed by atoms with van der Waals surface area (Å²) in [6.07, 6.45) is 3.67. The zero-order valence-corrected chi connectivity index (χ0v) is 19.0. The summed E-state index contributed by atoms with van der Waals surface area (Å²) in [5.74, 6) is 1.40. The Hall–Kier alpha value is -1.65. The molecule has 0 atom stereocenters. The number of rotatable bonds is 12. The number of nitrogens with one attached hydrogen (secondary N) is 2. The van der Waals surface area contributed by atoms with Crippen molar-refractivity contribution >= 4 is 29.9 Å². The molecule has 1 aromatic heterocycles. The van der Waals surface area contributed by atoms with Crippen LogP contribution in [-0.4, -0.2) is 51.0 Å². The number of hydrogen-bond donors (Lipinski definition) is 2. The van der Waals surface area contributed by atoms with Crippen molar-refractivity contribution in [1.29, 1.82) is 0 Å². The average molecular weight is 502 g/mol. The molecule has 0 spiro atoms. The van der Waals surface area contributed by atoms with Crippen LogP contribution in [0.25, 0.3) is 11.5 Å². The van der Waals surface area contributed by atoms with Gasteiger partial charge in [-0.15, -0.1) is 24.0 Å². The molecule has 2 aromatic rings. The summed E-state index contributed by atoms with van der Waals surface area (Å²) in [5.41, 5.74) is 1.77. The molecule has 0 saturated heterocycles. The van der Waals surface area contributed by atoms with Gasteiger partial charge in [-0.1, -0.05) is 18.2 Å². The van der Waals surface area contributed by atoms with Crippen LogP contribution in [-0.2, 0) is 16.0 Å². The topological polar surface area (TPSA) is 80.9 Å². The Morgan fingerprint density at radius 1 is 1.11 bits per heavy atom. The van der Waals surface area contributed by atoms with Crippen LogP contribution in [0.4, 0.5) is 0 Å². The van der Waals surface area contributed by atoms with Crippen molar-refractivity contribution in [3.8, 4) is 11.5 Å². The van der Waals surface area contributed by atoms with Crippen molar-refractivity contribution in [2.45, 2.75) is 26.3 Å². The van der Waals surface area contributed by atoms with Gasteiger partial charge in [0.2, 0.25) is 5.89 Å². The zero-order valence-electron chi connectivity index (χ0n) is 16.6. The van der Waals surface area contributed by atoms with Crippen molar-refractivity contribution in [2.75, 3.05) is 40.0 Å². The Morgan fingerprint density at radius 3 is 2.68 bits per heavy atom. The Labute approximate surface area is 184 Å². The van der Waals surface area contributed by atoms with Gasteiger partial charge in [-0.05, 0) is 31.9 Å². The van der Waals surface area contributed by atoms with E-state index in [1.54, 1.807) is 13.4 Å². The monoisotopic (exact) mass is 502 g/mol. The number of halogens is 1. The molecule has 7 nitrogen and oxygen atoms in total. The summed E-state index contributed by atoms with van der Waals surface area (Å²) in [5, 5.41) is 6.57. The molecule has 0 aliphatic carbocycles. The number of methoxy groups -OCH3 is 1. The smallest absolute Gasteiger partial charge is 0.226 e. The molecule has 156 valence electrons. The van der Waals surface area contributed by atoms with Gasteiger partial charge in [-0.3, -0.25) is 0 Å². The molecule has 0 amide bonds. The number of ether oxygens (including phenoxy) is 2. The summed E-state index contributed by atoms with van der Waals surface area (Å²) >= 11 is 0. The van der Waals surface area contributed by atoms with E-state index in [0.29, 0.717) is 25.6 Å². The number of aromatic nitrogens is 1. The minimum absolute atomic E-state index is 0. The largest absolute Gasteiger partial charge is 0.444 e. The number of oxazole rings is 1. The Kier molecular flexibility index (Phi) is 13.3. The fourth-order valence-corrected chi connectivity index (χ4v) is 2.37. The molecule has 0 aliphatic rings. The van der Waals surface area contributed by atoms with Crippen LogP contribution < -0.4 is 10.6 Å². The first-order valence-corrected chi connectivity index (χ1v) is 9.42. The van der Waals surface area contributed by atoms with Crippen LogP contribution in [0.15, 0.2) is 46.0 Å². The first-order chi connectivity index (χ1) is 13.3.